The molecule has 0 radical (unpaired) electrons. The molecule has 0 rings (SSSR count). The molecule has 0 unspecified atom stereocenters. The van der Waals surface area contributed by atoms with E-state index in [2.05, 4.69) is 4.74 Å². The van der Waals surface area contributed by atoms with Crippen molar-refractivity contribution in [2.24, 2.45) is 0 Å². The molecule has 0 aliphatic heterocycles. The number of methoxy groups -OCH3 is 1. The highest BCUT2D eigenvalue weighted by Crippen LogP contribution is 2.07. The van der Waals surface area contributed by atoms with Gasteiger partial charge in [-0.1, -0.05) is 0 Å². The molecular weight excluding hydrogens is 172 g/mol. The quantitative estimate of drug-likeness (QED) is 0.597. The van der Waals surface area contributed by atoms with E-state index in [1.165, 1.54) is 7.11 Å². The summed E-state index contributed by atoms with van der Waals surface area (Å²) in [5.74, 6) is -0.260. The zero-order valence-electron chi connectivity index (χ0n) is 8.19. The number of carbonyl (C=O) groups excluding carboxylic acids is 1. The van der Waals surface area contributed by atoms with Crippen molar-refractivity contribution in [1.82, 2.24) is 0 Å². The first-order valence-electron chi connectivity index (χ1n) is 4.49. The lowest BCUT2D eigenvalue weighted by Gasteiger charge is -2.11. The first kappa shape index (κ1) is 12.4. The maximum absolute atomic E-state index is 10.7. The van der Waals surface area contributed by atoms with Crippen LogP contribution in [0, 0.1) is 0 Å². The van der Waals surface area contributed by atoms with Crippen molar-refractivity contribution >= 4 is 5.97 Å². The fourth-order valence-electron chi connectivity index (χ4n) is 1.10. The Kier molecular flexibility index (Phi) is 6.54. The van der Waals surface area contributed by atoms with Gasteiger partial charge in [-0.05, 0) is 26.2 Å². The van der Waals surface area contributed by atoms with Gasteiger partial charge in [0.1, 0.15) is 0 Å². The maximum atomic E-state index is 10.7. The van der Waals surface area contributed by atoms with Gasteiger partial charge in [0.2, 0.25) is 0 Å². The molecule has 0 fully saturated rings. The fraction of sp³-hybridized carbons (Fsp3) is 0.889. The van der Waals surface area contributed by atoms with Crippen LogP contribution < -0.4 is 0 Å². The summed E-state index contributed by atoms with van der Waals surface area (Å²) in [4.78, 5) is 10.7. The molecule has 0 spiro atoms. The molecule has 0 saturated carbocycles. The Bertz CT molecular complexity index is 145. The summed E-state index contributed by atoms with van der Waals surface area (Å²) in [7, 11) is 1.34. The molecule has 2 atom stereocenters. The second kappa shape index (κ2) is 6.86. The van der Waals surface area contributed by atoms with Crippen molar-refractivity contribution < 1.29 is 19.7 Å². The first-order valence-corrected chi connectivity index (χ1v) is 4.49. The van der Waals surface area contributed by atoms with Gasteiger partial charge in [-0.15, -0.1) is 0 Å². The Labute approximate surface area is 78.5 Å². The number of carbonyl (C=O) groups is 1. The monoisotopic (exact) mass is 190 g/mol. The van der Waals surface area contributed by atoms with E-state index in [9.17, 15) is 9.90 Å². The van der Waals surface area contributed by atoms with Gasteiger partial charge in [-0.3, -0.25) is 4.79 Å². The fourth-order valence-corrected chi connectivity index (χ4v) is 1.10. The summed E-state index contributed by atoms with van der Waals surface area (Å²) in [5, 5.41) is 18.2. The van der Waals surface area contributed by atoms with E-state index in [0.29, 0.717) is 25.7 Å². The summed E-state index contributed by atoms with van der Waals surface area (Å²) in [6.07, 6.45) is 0.799. The van der Waals surface area contributed by atoms with Crippen LogP contribution in [0.2, 0.25) is 0 Å². The second-order valence-corrected chi connectivity index (χ2v) is 3.21. The van der Waals surface area contributed by atoms with Gasteiger partial charge in [-0.2, -0.15) is 0 Å². The number of esters is 1. The summed E-state index contributed by atoms with van der Waals surface area (Å²) in [6, 6.07) is 0. The smallest absolute Gasteiger partial charge is 0.305 e. The van der Waals surface area contributed by atoms with Crippen molar-refractivity contribution in [1.29, 1.82) is 0 Å². The van der Waals surface area contributed by atoms with Gasteiger partial charge >= 0.3 is 5.97 Å². The van der Waals surface area contributed by atoms with Crippen molar-refractivity contribution in [3.8, 4) is 0 Å². The lowest BCUT2D eigenvalue weighted by atomic mass is 10.1. The molecular formula is C9H18O4. The minimum absolute atomic E-state index is 0.260. The van der Waals surface area contributed by atoms with Crippen LogP contribution in [0.25, 0.3) is 0 Å². The zero-order valence-corrected chi connectivity index (χ0v) is 8.19. The number of hydrogen-bond acceptors (Lipinski definition) is 4. The van der Waals surface area contributed by atoms with Crippen LogP contribution in [0.3, 0.4) is 0 Å². The van der Waals surface area contributed by atoms with E-state index in [1.807, 2.05) is 0 Å². The van der Waals surface area contributed by atoms with Crippen LogP contribution in [-0.4, -0.2) is 35.5 Å². The predicted molar refractivity (Wildman–Crippen MR) is 48.2 cm³/mol. The first-order chi connectivity index (χ1) is 6.06. The topological polar surface area (TPSA) is 66.8 Å². The SMILES string of the molecule is COC(=O)CCC[C@@H](O)C[C@@H](C)O. The summed E-state index contributed by atoms with van der Waals surface area (Å²) < 4.78 is 4.44. The van der Waals surface area contributed by atoms with Crippen LogP contribution in [0.15, 0.2) is 0 Å². The molecule has 0 aromatic heterocycles. The van der Waals surface area contributed by atoms with Crippen molar-refractivity contribution in [2.45, 2.75) is 44.8 Å². The molecule has 0 aromatic rings. The molecule has 13 heavy (non-hydrogen) atoms. The van der Waals surface area contributed by atoms with Crippen LogP contribution in [0.4, 0.5) is 0 Å². The Morgan fingerprint density at radius 2 is 2.08 bits per heavy atom. The molecule has 4 heteroatoms. The molecule has 0 aromatic carbocycles. The third-order valence-electron chi connectivity index (χ3n) is 1.76. The van der Waals surface area contributed by atoms with E-state index in [0.717, 1.165) is 0 Å². The Balaban J connectivity index is 3.36. The second-order valence-electron chi connectivity index (χ2n) is 3.21. The van der Waals surface area contributed by atoms with E-state index in [1.54, 1.807) is 6.92 Å². The van der Waals surface area contributed by atoms with E-state index in [4.69, 9.17) is 5.11 Å². The van der Waals surface area contributed by atoms with Gasteiger partial charge in [0.15, 0.2) is 0 Å². The Hall–Kier alpha value is -0.610. The highest BCUT2D eigenvalue weighted by Gasteiger charge is 2.08. The van der Waals surface area contributed by atoms with Gasteiger partial charge in [0, 0.05) is 6.42 Å². The van der Waals surface area contributed by atoms with Crippen LogP contribution in [0.5, 0.6) is 0 Å². The number of ether oxygens (including phenoxy) is 1. The average molecular weight is 190 g/mol. The minimum Gasteiger partial charge on any atom is -0.469 e. The number of aliphatic hydroxyl groups excluding tert-OH is 2. The Morgan fingerprint density at radius 1 is 1.46 bits per heavy atom. The van der Waals surface area contributed by atoms with Crippen LogP contribution in [-0.2, 0) is 9.53 Å². The molecule has 78 valence electrons. The number of aliphatic hydroxyl groups is 2. The molecule has 4 nitrogen and oxygen atoms in total. The average Bonchev–Trinajstić information content (AvgIpc) is 2.02. The third-order valence-corrected chi connectivity index (χ3v) is 1.76. The van der Waals surface area contributed by atoms with E-state index >= 15 is 0 Å². The van der Waals surface area contributed by atoms with Crippen molar-refractivity contribution in [2.75, 3.05) is 7.11 Å². The summed E-state index contributed by atoms with van der Waals surface area (Å²) in [5.41, 5.74) is 0. The lowest BCUT2D eigenvalue weighted by Crippen LogP contribution is -2.15. The minimum atomic E-state index is -0.523. The van der Waals surface area contributed by atoms with Gasteiger partial charge in [-0.25, -0.2) is 0 Å². The van der Waals surface area contributed by atoms with Crippen LogP contribution >= 0.6 is 0 Å². The number of rotatable bonds is 6. The van der Waals surface area contributed by atoms with Gasteiger partial charge in [0.05, 0.1) is 19.3 Å². The lowest BCUT2D eigenvalue weighted by molar-refractivity contribution is -0.140. The maximum Gasteiger partial charge on any atom is 0.305 e. The summed E-state index contributed by atoms with van der Waals surface area (Å²) in [6.45, 7) is 1.63. The molecule has 0 aliphatic carbocycles. The van der Waals surface area contributed by atoms with E-state index < -0.39 is 12.2 Å². The summed E-state index contributed by atoms with van der Waals surface area (Å²) >= 11 is 0. The van der Waals surface area contributed by atoms with Crippen LogP contribution in [0.1, 0.15) is 32.6 Å². The largest absolute Gasteiger partial charge is 0.469 e. The molecule has 0 saturated heterocycles. The molecule has 0 heterocycles. The van der Waals surface area contributed by atoms with Gasteiger partial charge < -0.3 is 14.9 Å². The van der Waals surface area contributed by atoms with E-state index in [-0.39, 0.29) is 5.97 Å². The predicted octanol–water partition coefficient (Wildman–Crippen LogP) is 0.461. The standard InChI is InChI=1S/C9H18O4/c1-7(10)6-8(11)4-3-5-9(12)13-2/h7-8,10-11H,3-6H2,1-2H3/t7-,8-/m1/s1. The van der Waals surface area contributed by atoms with Crippen molar-refractivity contribution in [3.05, 3.63) is 0 Å². The van der Waals surface area contributed by atoms with Gasteiger partial charge in [0.25, 0.3) is 0 Å². The third kappa shape index (κ3) is 7.74. The molecule has 0 amide bonds. The highest BCUT2D eigenvalue weighted by molar-refractivity contribution is 5.68. The highest BCUT2D eigenvalue weighted by atomic mass is 16.5. The number of hydrogen-bond donors (Lipinski definition) is 2. The van der Waals surface area contributed by atoms with Crippen molar-refractivity contribution in [3.63, 3.8) is 0 Å². The molecule has 2 N–H and O–H groups in total. The Morgan fingerprint density at radius 3 is 2.54 bits per heavy atom. The normalized spacial score (nSPS) is 15.1. The zero-order chi connectivity index (χ0) is 10.3. The molecule has 0 aliphatic rings. The molecule has 0 bridgehead atoms.